The molecule has 0 aromatic rings. The molecule has 0 radical (unpaired) electrons. The van der Waals surface area contributed by atoms with Gasteiger partial charge >= 0.3 is 0 Å². The predicted molar refractivity (Wildman–Crippen MR) is 71.6 cm³/mol. The van der Waals surface area contributed by atoms with E-state index in [1.54, 1.807) is 0 Å². The molecule has 1 fully saturated rings. The molecular formula is C14H30N2. The van der Waals surface area contributed by atoms with Crippen molar-refractivity contribution in [1.82, 2.24) is 4.90 Å². The molecule has 16 heavy (non-hydrogen) atoms. The van der Waals surface area contributed by atoms with Crippen LogP contribution in [0.25, 0.3) is 0 Å². The van der Waals surface area contributed by atoms with Crippen LogP contribution in [0.2, 0.25) is 0 Å². The van der Waals surface area contributed by atoms with Crippen LogP contribution in [0.5, 0.6) is 0 Å². The second-order valence-electron chi connectivity index (χ2n) is 5.37. The quantitative estimate of drug-likeness (QED) is 0.723. The van der Waals surface area contributed by atoms with Crippen LogP contribution in [0, 0.1) is 5.92 Å². The topological polar surface area (TPSA) is 29.3 Å². The van der Waals surface area contributed by atoms with Gasteiger partial charge in [-0.05, 0) is 64.6 Å². The number of likely N-dealkylation sites (tertiary alicyclic amines) is 1. The van der Waals surface area contributed by atoms with Gasteiger partial charge in [0.1, 0.15) is 0 Å². The molecule has 2 nitrogen and oxygen atoms in total. The van der Waals surface area contributed by atoms with Gasteiger partial charge in [-0.3, -0.25) is 0 Å². The van der Waals surface area contributed by atoms with Crippen molar-refractivity contribution in [3.05, 3.63) is 0 Å². The Morgan fingerprint density at radius 3 is 2.75 bits per heavy atom. The van der Waals surface area contributed by atoms with Crippen LogP contribution in [0.15, 0.2) is 0 Å². The molecule has 96 valence electrons. The number of hydrogen-bond donors (Lipinski definition) is 1. The third-order valence-corrected chi connectivity index (χ3v) is 4.15. The Balaban J connectivity index is 2.13. The van der Waals surface area contributed by atoms with Crippen LogP contribution in [0.1, 0.15) is 58.8 Å². The first-order valence-electron chi connectivity index (χ1n) is 7.22. The monoisotopic (exact) mass is 226 g/mol. The first-order chi connectivity index (χ1) is 7.77. The van der Waals surface area contributed by atoms with E-state index < -0.39 is 0 Å². The van der Waals surface area contributed by atoms with Gasteiger partial charge in [-0.2, -0.15) is 0 Å². The van der Waals surface area contributed by atoms with E-state index in [0.29, 0.717) is 0 Å². The first-order valence-corrected chi connectivity index (χ1v) is 7.22. The summed E-state index contributed by atoms with van der Waals surface area (Å²) in [6.45, 7) is 8.18. The van der Waals surface area contributed by atoms with Crippen molar-refractivity contribution in [2.45, 2.75) is 64.8 Å². The Kier molecular flexibility index (Phi) is 7.06. The molecule has 1 saturated heterocycles. The Morgan fingerprint density at radius 2 is 2.12 bits per heavy atom. The summed E-state index contributed by atoms with van der Waals surface area (Å²) in [7, 11) is 0. The molecule has 0 bridgehead atoms. The van der Waals surface area contributed by atoms with Gasteiger partial charge < -0.3 is 10.6 Å². The zero-order valence-corrected chi connectivity index (χ0v) is 11.3. The molecular weight excluding hydrogens is 196 g/mol. The molecule has 2 atom stereocenters. The smallest absolute Gasteiger partial charge is 0.00669 e. The van der Waals surface area contributed by atoms with Gasteiger partial charge in [0.25, 0.3) is 0 Å². The van der Waals surface area contributed by atoms with Gasteiger partial charge in [0.05, 0.1) is 0 Å². The lowest BCUT2D eigenvalue weighted by molar-refractivity contribution is 0.154. The first kappa shape index (κ1) is 14.0. The fourth-order valence-electron chi connectivity index (χ4n) is 2.86. The van der Waals surface area contributed by atoms with Gasteiger partial charge in [0.15, 0.2) is 0 Å². The molecule has 0 saturated carbocycles. The minimum atomic E-state index is 0.823. The lowest BCUT2D eigenvalue weighted by Crippen LogP contribution is -2.38. The van der Waals surface area contributed by atoms with Gasteiger partial charge in [-0.1, -0.05) is 19.8 Å². The molecule has 0 aliphatic carbocycles. The fourth-order valence-corrected chi connectivity index (χ4v) is 2.86. The minimum absolute atomic E-state index is 0.823. The highest BCUT2D eigenvalue weighted by molar-refractivity contribution is 4.73. The van der Waals surface area contributed by atoms with Crippen LogP contribution < -0.4 is 5.73 Å². The number of hydrogen-bond acceptors (Lipinski definition) is 2. The van der Waals surface area contributed by atoms with E-state index in [-0.39, 0.29) is 0 Å². The predicted octanol–water partition coefficient (Wildman–Crippen LogP) is 3.02. The number of nitrogens with two attached hydrogens (primary N) is 1. The van der Waals surface area contributed by atoms with Crippen LogP contribution in [-0.4, -0.2) is 30.6 Å². The van der Waals surface area contributed by atoms with Crippen molar-refractivity contribution in [1.29, 1.82) is 0 Å². The summed E-state index contributed by atoms with van der Waals surface area (Å²) >= 11 is 0. The summed E-state index contributed by atoms with van der Waals surface area (Å²) in [4.78, 5) is 2.68. The van der Waals surface area contributed by atoms with Crippen LogP contribution in [-0.2, 0) is 0 Å². The second-order valence-corrected chi connectivity index (χ2v) is 5.37. The highest BCUT2D eigenvalue weighted by Crippen LogP contribution is 2.19. The molecule has 1 heterocycles. The summed E-state index contributed by atoms with van der Waals surface area (Å²) in [6.07, 6.45) is 9.49. The Morgan fingerprint density at radius 1 is 1.31 bits per heavy atom. The molecule has 2 N–H and O–H groups in total. The van der Waals surface area contributed by atoms with Crippen molar-refractivity contribution < 1.29 is 0 Å². The highest BCUT2D eigenvalue weighted by Gasteiger charge is 2.17. The van der Waals surface area contributed by atoms with Crippen molar-refractivity contribution in [2.75, 3.05) is 19.6 Å². The van der Waals surface area contributed by atoms with Crippen molar-refractivity contribution in [3.63, 3.8) is 0 Å². The molecule has 0 spiro atoms. The summed E-state index contributed by atoms with van der Waals surface area (Å²) in [5.74, 6) is 0.866. The summed E-state index contributed by atoms with van der Waals surface area (Å²) < 4.78 is 0. The normalized spacial score (nSPS) is 24.6. The van der Waals surface area contributed by atoms with Crippen LogP contribution in [0.4, 0.5) is 0 Å². The van der Waals surface area contributed by atoms with E-state index in [0.717, 1.165) is 18.5 Å². The van der Waals surface area contributed by atoms with E-state index in [1.165, 1.54) is 58.0 Å². The zero-order valence-electron chi connectivity index (χ0n) is 11.3. The van der Waals surface area contributed by atoms with Crippen molar-refractivity contribution >= 4 is 0 Å². The van der Waals surface area contributed by atoms with Gasteiger partial charge in [-0.25, -0.2) is 0 Å². The standard InChI is InChI=1S/C14H30N2/c1-3-14(9-10-15)8-6-12-16-11-5-4-7-13(16)2/h13-14H,3-12,15H2,1-2H3. The number of nitrogens with zero attached hydrogens (tertiary/aromatic N) is 1. The lowest BCUT2D eigenvalue weighted by atomic mass is 9.96. The molecule has 2 heteroatoms. The highest BCUT2D eigenvalue weighted by atomic mass is 15.1. The molecule has 0 amide bonds. The summed E-state index contributed by atoms with van der Waals surface area (Å²) in [5, 5.41) is 0. The minimum Gasteiger partial charge on any atom is -0.330 e. The van der Waals surface area contributed by atoms with Crippen LogP contribution in [0.3, 0.4) is 0 Å². The van der Waals surface area contributed by atoms with E-state index in [2.05, 4.69) is 18.7 Å². The third kappa shape index (κ3) is 4.84. The van der Waals surface area contributed by atoms with E-state index in [1.807, 2.05) is 0 Å². The van der Waals surface area contributed by atoms with Crippen molar-refractivity contribution in [2.24, 2.45) is 11.7 Å². The maximum Gasteiger partial charge on any atom is 0.00669 e. The van der Waals surface area contributed by atoms with Gasteiger partial charge in [-0.15, -0.1) is 0 Å². The largest absolute Gasteiger partial charge is 0.330 e. The van der Waals surface area contributed by atoms with E-state index in [4.69, 9.17) is 5.73 Å². The molecule has 1 aliphatic rings. The Labute approximate surface area is 102 Å². The molecule has 0 aromatic heterocycles. The maximum absolute atomic E-state index is 5.63. The average Bonchev–Trinajstić information content (AvgIpc) is 2.30. The number of piperidine rings is 1. The van der Waals surface area contributed by atoms with E-state index >= 15 is 0 Å². The average molecular weight is 226 g/mol. The van der Waals surface area contributed by atoms with Gasteiger partial charge in [0, 0.05) is 6.04 Å². The van der Waals surface area contributed by atoms with Gasteiger partial charge in [0.2, 0.25) is 0 Å². The van der Waals surface area contributed by atoms with Crippen molar-refractivity contribution in [3.8, 4) is 0 Å². The Hall–Kier alpha value is -0.0800. The summed E-state index contributed by atoms with van der Waals surface area (Å²) in [6, 6.07) is 0.823. The molecule has 2 unspecified atom stereocenters. The van der Waals surface area contributed by atoms with Crippen LogP contribution >= 0.6 is 0 Å². The molecule has 0 aromatic carbocycles. The zero-order chi connectivity index (χ0) is 11.8. The summed E-state index contributed by atoms with van der Waals surface area (Å²) in [5.41, 5.74) is 5.63. The SMILES string of the molecule is CCC(CCN)CCCN1CCCCC1C. The van der Waals surface area contributed by atoms with E-state index in [9.17, 15) is 0 Å². The number of rotatable bonds is 7. The fraction of sp³-hybridized carbons (Fsp3) is 1.00. The molecule has 1 aliphatic heterocycles. The molecule has 1 rings (SSSR count). The lowest BCUT2D eigenvalue weighted by Gasteiger charge is -2.33. The third-order valence-electron chi connectivity index (χ3n) is 4.15. The second kappa shape index (κ2) is 8.08. The Bertz CT molecular complexity index is 170. The maximum atomic E-state index is 5.63.